The third kappa shape index (κ3) is 3.10. The van der Waals surface area contributed by atoms with Gasteiger partial charge >= 0.3 is 6.18 Å². The van der Waals surface area contributed by atoms with Crippen molar-refractivity contribution in [2.45, 2.75) is 11.3 Å². The number of hydrogen-bond acceptors (Lipinski definition) is 4. The van der Waals surface area contributed by atoms with Crippen LogP contribution in [0.2, 0.25) is 5.02 Å². The number of nitrogens with one attached hydrogen (secondary N) is 1. The van der Waals surface area contributed by atoms with Crippen molar-refractivity contribution in [2.75, 3.05) is 6.26 Å². The van der Waals surface area contributed by atoms with Gasteiger partial charge in [0.05, 0.1) is 16.3 Å². The molecule has 0 bridgehead atoms. The molecule has 0 fully saturated rings. The van der Waals surface area contributed by atoms with Crippen molar-refractivity contribution in [3.63, 3.8) is 0 Å². The molecule has 0 amide bonds. The molecule has 0 spiro atoms. The lowest BCUT2D eigenvalue weighted by atomic mass is 10.0. The fourth-order valence-corrected chi connectivity index (χ4v) is 2.32. The Morgan fingerprint density at radius 3 is 2.64 bits per heavy atom. The molecule has 22 heavy (non-hydrogen) atoms. The molecule has 0 saturated carbocycles. The van der Waals surface area contributed by atoms with Crippen LogP contribution in [0.25, 0.3) is 11.3 Å². The highest BCUT2D eigenvalue weighted by Crippen LogP contribution is 2.36. The molecule has 1 N–H and O–H groups in total. The summed E-state index contributed by atoms with van der Waals surface area (Å²) >= 11 is 7.01. The van der Waals surface area contributed by atoms with Crippen LogP contribution >= 0.6 is 23.4 Å². The molecule has 0 radical (unpaired) electrons. The summed E-state index contributed by atoms with van der Waals surface area (Å²) in [7, 11) is 0. The molecule has 1 heterocycles. The first-order valence-corrected chi connectivity index (χ1v) is 7.33. The zero-order valence-electron chi connectivity index (χ0n) is 11.0. The van der Waals surface area contributed by atoms with E-state index in [1.165, 1.54) is 0 Å². The van der Waals surface area contributed by atoms with Crippen molar-refractivity contribution >= 4 is 23.4 Å². The van der Waals surface area contributed by atoms with Crippen molar-refractivity contribution in [1.29, 1.82) is 5.26 Å². The predicted octanol–water partition coefficient (Wildman–Crippen LogP) is 3.70. The first kappa shape index (κ1) is 16.4. The first-order chi connectivity index (χ1) is 10.3. The zero-order valence-corrected chi connectivity index (χ0v) is 12.5. The maximum absolute atomic E-state index is 12.8. The molecule has 114 valence electrons. The van der Waals surface area contributed by atoms with Gasteiger partial charge < -0.3 is 4.98 Å². The molecule has 0 atom stereocenters. The smallest absolute Gasteiger partial charge is 0.300 e. The van der Waals surface area contributed by atoms with E-state index in [-0.39, 0.29) is 27.0 Å². The standard InChI is InChI=1S/C13H7ClF3N3OS/c1-22-12-19-10(8(5-18)11(21)20-12)7-4-6(13(15,16)17)2-3-9(7)14/h2-4H,1H3,(H,19,20,21). The third-order valence-corrected chi connectivity index (χ3v) is 3.66. The number of rotatable bonds is 2. The molecule has 0 unspecified atom stereocenters. The molecule has 1 aromatic carbocycles. The van der Waals surface area contributed by atoms with Crippen LogP contribution in [0.4, 0.5) is 13.2 Å². The molecule has 0 aliphatic carbocycles. The van der Waals surface area contributed by atoms with Gasteiger partial charge in [-0.05, 0) is 24.5 Å². The largest absolute Gasteiger partial charge is 0.416 e. The van der Waals surface area contributed by atoms with Crippen LogP contribution in [0.15, 0.2) is 28.2 Å². The van der Waals surface area contributed by atoms with Crippen LogP contribution in [-0.2, 0) is 6.18 Å². The van der Waals surface area contributed by atoms with E-state index in [0.717, 1.165) is 30.0 Å². The second kappa shape index (κ2) is 6.02. The summed E-state index contributed by atoms with van der Waals surface area (Å²) in [6, 6.07) is 4.29. The Morgan fingerprint density at radius 1 is 1.41 bits per heavy atom. The van der Waals surface area contributed by atoms with E-state index >= 15 is 0 Å². The van der Waals surface area contributed by atoms with Gasteiger partial charge in [0.15, 0.2) is 5.16 Å². The van der Waals surface area contributed by atoms with Crippen molar-refractivity contribution in [2.24, 2.45) is 0 Å². The highest BCUT2D eigenvalue weighted by Gasteiger charge is 2.31. The Kier molecular flexibility index (Phi) is 4.49. The van der Waals surface area contributed by atoms with Gasteiger partial charge in [0.2, 0.25) is 0 Å². The van der Waals surface area contributed by atoms with E-state index < -0.39 is 17.3 Å². The average Bonchev–Trinajstić information content (AvgIpc) is 2.45. The molecule has 0 saturated heterocycles. The van der Waals surface area contributed by atoms with Gasteiger partial charge in [-0.25, -0.2) is 4.98 Å². The lowest BCUT2D eigenvalue weighted by Gasteiger charge is -2.11. The second-order valence-corrected chi connectivity index (χ2v) is 5.31. The summed E-state index contributed by atoms with van der Waals surface area (Å²) in [4.78, 5) is 18.2. The summed E-state index contributed by atoms with van der Waals surface area (Å²) in [5.41, 5.74) is -2.35. The summed E-state index contributed by atoms with van der Waals surface area (Å²) < 4.78 is 38.5. The van der Waals surface area contributed by atoms with E-state index in [9.17, 15) is 18.0 Å². The van der Waals surface area contributed by atoms with Crippen LogP contribution in [0, 0.1) is 11.3 Å². The SMILES string of the molecule is CSc1nc(-c2cc(C(F)(F)F)ccc2Cl)c(C#N)c(=O)[nH]1. The molecular weight excluding hydrogens is 339 g/mol. The van der Waals surface area contributed by atoms with E-state index in [2.05, 4.69) is 9.97 Å². The molecule has 2 aromatic rings. The third-order valence-electron chi connectivity index (χ3n) is 2.75. The van der Waals surface area contributed by atoms with Gasteiger partial charge in [-0.3, -0.25) is 4.79 Å². The number of halogens is 4. The number of nitriles is 1. The number of H-pyrrole nitrogens is 1. The maximum Gasteiger partial charge on any atom is 0.416 e. The van der Waals surface area contributed by atoms with Gasteiger partial charge in [-0.1, -0.05) is 23.4 Å². The number of aromatic nitrogens is 2. The number of thioether (sulfide) groups is 1. The minimum atomic E-state index is -4.57. The lowest BCUT2D eigenvalue weighted by molar-refractivity contribution is -0.137. The number of nitrogens with zero attached hydrogens (tertiary/aromatic N) is 2. The topological polar surface area (TPSA) is 69.5 Å². The van der Waals surface area contributed by atoms with E-state index in [0.29, 0.717) is 0 Å². The molecule has 4 nitrogen and oxygen atoms in total. The van der Waals surface area contributed by atoms with Gasteiger partial charge in [-0.2, -0.15) is 18.4 Å². The second-order valence-electron chi connectivity index (χ2n) is 4.10. The van der Waals surface area contributed by atoms with Crippen molar-refractivity contribution in [3.05, 3.63) is 44.7 Å². The number of hydrogen-bond donors (Lipinski definition) is 1. The van der Waals surface area contributed by atoms with Gasteiger partial charge in [-0.15, -0.1) is 0 Å². The number of benzene rings is 1. The Hall–Kier alpha value is -1.98. The van der Waals surface area contributed by atoms with Crippen molar-refractivity contribution in [1.82, 2.24) is 9.97 Å². The Labute approximate surface area is 131 Å². The maximum atomic E-state index is 12.8. The van der Waals surface area contributed by atoms with Gasteiger partial charge in [0.25, 0.3) is 5.56 Å². The van der Waals surface area contributed by atoms with Crippen LogP contribution in [-0.4, -0.2) is 16.2 Å². The fourth-order valence-electron chi connectivity index (χ4n) is 1.73. The van der Waals surface area contributed by atoms with Crippen LogP contribution in [0.1, 0.15) is 11.1 Å². The summed E-state index contributed by atoms with van der Waals surface area (Å²) in [5, 5.41) is 9.20. The molecule has 0 aliphatic rings. The fraction of sp³-hybridized carbons (Fsp3) is 0.154. The zero-order chi connectivity index (χ0) is 16.5. The summed E-state index contributed by atoms with van der Waals surface area (Å²) in [5.74, 6) is 0. The normalized spacial score (nSPS) is 11.3. The van der Waals surface area contributed by atoms with Crippen LogP contribution < -0.4 is 5.56 Å². The first-order valence-electron chi connectivity index (χ1n) is 5.73. The molecule has 1 aromatic heterocycles. The van der Waals surface area contributed by atoms with Crippen molar-refractivity contribution in [3.8, 4) is 17.3 Å². The summed E-state index contributed by atoms with van der Waals surface area (Å²) in [6.07, 6.45) is -2.95. The van der Waals surface area contributed by atoms with Gasteiger partial charge in [0.1, 0.15) is 11.6 Å². The predicted molar refractivity (Wildman–Crippen MR) is 76.8 cm³/mol. The molecule has 9 heteroatoms. The minimum absolute atomic E-state index is 0.0327. The molecular formula is C13H7ClF3N3OS. The van der Waals surface area contributed by atoms with E-state index in [4.69, 9.17) is 16.9 Å². The monoisotopic (exact) mass is 345 g/mol. The molecule has 2 rings (SSSR count). The van der Waals surface area contributed by atoms with Crippen LogP contribution in [0.5, 0.6) is 0 Å². The highest BCUT2D eigenvalue weighted by molar-refractivity contribution is 7.98. The van der Waals surface area contributed by atoms with Gasteiger partial charge in [0, 0.05) is 5.56 Å². The van der Waals surface area contributed by atoms with Crippen molar-refractivity contribution < 1.29 is 13.2 Å². The van der Waals surface area contributed by atoms with E-state index in [1.807, 2.05) is 0 Å². The molecule has 0 aliphatic heterocycles. The number of aromatic amines is 1. The Balaban J connectivity index is 2.79. The Morgan fingerprint density at radius 2 is 2.09 bits per heavy atom. The highest BCUT2D eigenvalue weighted by atomic mass is 35.5. The Bertz CT molecular complexity index is 827. The van der Waals surface area contributed by atoms with Crippen LogP contribution in [0.3, 0.4) is 0 Å². The van der Waals surface area contributed by atoms with E-state index in [1.54, 1.807) is 12.3 Å². The minimum Gasteiger partial charge on any atom is -0.300 e. The average molecular weight is 346 g/mol. The number of alkyl halides is 3. The quantitative estimate of drug-likeness (QED) is 0.665. The lowest BCUT2D eigenvalue weighted by Crippen LogP contribution is -2.15. The summed E-state index contributed by atoms with van der Waals surface area (Å²) in [6.45, 7) is 0.